The van der Waals surface area contributed by atoms with E-state index in [2.05, 4.69) is 9.97 Å². The summed E-state index contributed by atoms with van der Waals surface area (Å²) in [5.74, 6) is -0.256. The second-order valence-electron chi connectivity index (χ2n) is 4.21. The van der Waals surface area contributed by atoms with E-state index in [-0.39, 0.29) is 5.82 Å². The molecule has 0 N–H and O–H groups in total. The van der Waals surface area contributed by atoms with Gasteiger partial charge in [-0.25, -0.2) is 4.39 Å². The van der Waals surface area contributed by atoms with E-state index < -0.39 is 0 Å². The van der Waals surface area contributed by atoms with Crippen LogP contribution < -0.4 is 0 Å². The Balaban J connectivity index is 2.12. The molecule has 0 atom stereocenters. The number of benzene rings is 1. The van der Waals surface area contributed by atoms with Gasteiger partial charge < -0.3 is 0 Å². The molecule has 0 aliphatic rings. The van der Waals surface area contributed by atoms with Gasteiger partial charge in [0.2, 0.25) is 0 Å². The van der Waals surface area contributed by atoms with Crippen LogP contribution in [0.1, 0.15) is 0 Å². The maximum Gasteiger partial charge on any atom is 0.124 e. The zero-order valence-electron chi connectivity index (χ0n) is 10.1. The molecule has 3 heteroatoms. The summed E-state index contributed by atoms with van der Waals surface area (Å²) in [7, 11) is 0. The largest absolute Gasteiger partial charge is 0.265 e. The number of hydrogen-bond acceptors (Lipinski definition) is 2. The third-order valence-electron chi connectivity index (χ3n) is 2.91. The average Bonchev–Trinajstić information content (AvgIpc) is 2.48. The lowest BCUT2D eigenvalue weighted by Crippen LogP contribution is -1.86. The van der Waals surface area contributed by atoms with Crippen molar-refractivity contribution in [1.82, 2.24) is 9.97 Å². The van der Waals surface area contributed by atoms with E-state index in [4.69, 9.17) is 0 Å². The molecule has 19 heavy (non-hydrogen) atoms. The standard InChI is InChI=1S/C16H11FN2/c17-16-9-14(12-3-6-18-7-4-12)8-15(10-16)13-2-1-5-19-11-13/h1-11H. The molecule has 2 nitrogen and oxygen atoms in total. The molecule has 0 bridgehead atoms. The Morgan fingerprint density at radius 2 is 1.42 bits per heavy atom. The normalized spacial score (nSPS) is 10.4. The average molecular weight is 250 g/mol. The van der Waals surface area contributed by atoms with Gasteiger partial charge in [-0.15, -0.1) is 0 Å². The van der Waals surface area contributed by atoms with Gasteiger partial charge in [0.05, 0.1) is 0 Å². The molecular weight excluding hydrogens is 239 g/mol. The summed E-state index contributed by atoms with van der Waals surface area (Å²) >= 11 is 0. The predicted octanol–water partition coefficient (Wildman–Crippen LogP) is 3.95. The van der Waals surface area contributed by atoms with Gasteiger partial charge in [0, 0.05) is 30.4 Å². The van der Waals surface area contributed by atoms with Crippen molar-refractivity contribution in [2.75, 3.05) is 0 Å². The predicted molar refractivity (Wildman–Crippen MR) is 72.9 cm³/mol. The fourth-order valence-electron chi connectivity index (χ4n) is 2.00. The molecule has 3 rings (SSSR count). The summed E-state index contributed by atoms with van der Waals surface area (Å²) in [6, 6.07) is 12.5. The smallest absolute Gasteiger partial charge is 0.124 e. The number of halogens is 1. The van der Waals surface area contributed by atoms with Crippen molar-refractivity contribution in [3.63, 3.8) is 0 Å². The Bertz CT molecular complexity index is 624. The third kappa shape index (κ3) is 2.50. The minimum absolute atomic E-state index is 0.256. The molecule has 0 fully saturated rings. The van der Waals surface area contributed by atoms with Crippen molar-refractivity contribution in [3.05, 3.63) is 73.1 Å². The second kappa shape index (κ2) is 4.98. The highest BCUT2D eigenvalue weighted by Crippen LogP contribution is 2.26. The van der Waals surface area contributed by atoms with Crippen LogP contribution in [0, 0.1) is 5.82 Å². The minimum atomic E-state index is -0.256. The van der Waals surface area contributed by atoms with Gasteiger partial charge in [-0.1, -0.05) is 6.07 Å². The highest BCUT2D eigenvalue weighted by molar-refractivity contribution is 5.72. The summed E-state index contributed by atoms with van der Waals surface area (Å²) in [5, 5.41) is 0. The van der Waals surface area contributed by atoms with Gasteiger partial charge in [-0.3, -0.25) is 9.97 Å². The number of hydrogen-bond donors (Lipinski definition) is 0. The first-order valence-corrected chi connectivity index (χ1v) is 5.94. The monoisotopic (exact) mass is 250 g/mol. The first-order chi connectivity index (χ1) is 9.33. The first kappa shape index (κ1) is 11.5. The van der Waals surface area contributed by atoms with Crippen LogP contribution in [-0.4, -0.2) is 9.97 Å². The van der Waals surface area contributed by atoms with Crippen LogP contribution in [0.5, 0.6) is 0 Å². The van der Waals surface area contributed by atoms with E-state index >= 15 is 0 Å². The molecule has 1 aromatic carbocycles. The lowest BCUT2D eigenvalue weighted by Gasteiger charge is -2.06. The Labute approximate surface area is 110 Å². The Kier molecular flexibility index (Phi) is 3.02. The summed E-state index contributed by atoms with van der Waals surface area (Å²) in [6.07, 6.45) is 6.83. The molecule has 2 heterocycles. The van der Waals surface area contributed by atoms with Gasteiger partial charge in [0.15, 0.2) is 0 Å². The van der Waals surface area contributed by atoms with Crippen molar-refractivity contribution in [3.8, 4) is 22.3 Å². The minimum Gasteiger partial charge on any atom is -0.265 e. The van der Waals surface area contributed by atoms with E-state index in [9.17, 15) is 4.39 Å². The van der Waals surface area contributed by atoms with Crippen LogP contribution in [0.25, 0.3) is 22.3 Å². The summed E-state index contributed by atoms with van der Waals surface area (Å²) in [5.41, 5.74) is 3.50. The molecule has 0 amide bonds. The fraction of sp³-hybridized carbons (Fsp3) is 0. The number of rotatable bonds is 2. The van der Waals surface area contributed by atoms with Crippen molar-refractivity contribution in [1.29, 1.82) is 0 Å². The zero-order chi connectivity index (χ0) is 13.1. The number of nitrogens with zero attached hydrogens (tertiary/aromatic N) is 2. The van der Waals surface area contributed by atoms with Crippen molar-refractivity contribution in [2.24, 2.45) is 0 Å². The van der Waals surface area contributed by atoms with Crippen LogP contribution in [0.4, 0.5) is 4.39 Å². The Morgan fingerprint density at radius 3 is 2.11 bits per heavy atom. The van der Waals surface area contributed by atoms with Crippen LogP contribution in [-0.2, 0) is 0 Å². The highest BCUT2D eigenvalue weighted by atomic mass is 19.1. The molecule has 0 saturated heterocycles. The van der Waals surface area contributed by atoms with E-state index in [1.54, 1.807) is 24.8 Å². The van der Waals surface area contributed by atoms with Crippen LogP contribution in [0.15, 0.2) is 67.3 Å². The van der Waals surface area contributed by atoms with E-state index in [1.165, 1.54) is 12.1 Å². The lowest BCUT2D eigenvalue weighted by molar-refractivity contribution is 0.629. The van der Waals surface area contributed by atoms with Gasteiger partial charge in [0.25, 0.3) is 0 Å². The molecule has 0 unspecified atom stereocenters. The van der Waals surface area contributed by atoms with Crippen LogP contribution >= 0.6 is 0 Å². The fourth-order valence-corrected chi connectivity index (χ4v) is 2.00. The van der Waals surface area contributed by atoms with Gasteiger partial charge in [0.1, 0.15) is 5.82 Å². The lowest BCUT2D eigenvalue weighted by atomic mass is 10.0. The second-order valence-corrected chi connectivity index (χ2v) is 4.21. The van der Waals surface area contributed by atoms with Gasteiger partial charge in [-0.05, 0) is 53.1 Å². The molecule has 0 spiro atoms. The SMILES string of the molecule is Fc1cc(-c2ccncc2)cc(-c2cccnc2)c1. The molecule has 0 saturated carbocycles. The van der Waals surface area contributed by atoms with Gasteiger partial charge >= 0.3 is 0 Å². The number of aromatic nitrogens is 2. The molecule has 0 aliphatic carbocycles. The quantitative estimate of drug-likeness (QED) is 0.688. The van der Waals surface area contributed by atoms with Crippen LogP contribution in [0.2, 0.25) is 0 Å². The van der Waals surface area contributed by atoms with E-state index in [0.717, 1.165) is 22.3 Å². The van der Waals surface area contributed by atoms with Gasteiger partial charge in [-0.2, -0.15) is 0 Å². The molecule has 0 radical (unpaired) electrons. The number of pyridine rings is 2. The Hall–Kier alpha value is -2.55. The summed E-state index contributed by atoms with van der Waals surface area (Å²) in [6.45, 7) is 0. The third-order valence-corrected chi connectivity index (χ3v) is 2.91. The zero-order valence-corrected chi connectivity index (χ0v) is 10.1. The molecule has 0 aliphatic heterocycles. The Morgan fingerprint density at radius 1 is 0.684 bits per heavy atom. The highest BCUT2D eigenvalue weighted by Gasteiger charge is 2.05. The van der Waals surface area contributed by atoms with Crippen molar-refractivity contribution >= 4 is 0 Å². The topological polar surface area (TPSA) is 25.8 Å². The molecular formula is C16H11FN2. The van der Waals surface area contributed by atoms with Crippen molar-refractivity contribution < 1.29 is 4.39 Å². The van der Waals surface area contributed by atoms with Crippen molar-refractivity contribution in [2.45, 2.75) is 0 Å². The molecule has 2 aromatic heterocycles. The maximum atomic E-state index is 13.8. The summed E-state index contributed by atoms with van der Waals surface area (Å²) in [4.78, 5) is 8.03. The molecule has 92 valence electrons. The first-order valence-electron chi connectivity index (χ1n) is 5.94. The molecule has 3 aromatic rings. The summed E-state index contributed by atoms with van der Waals surface area (Å²) < 4.78 is 13.8. The van der Waals surface area contributed by atoms with Crippen LogP contribution in [0.3, 0.4) is 0 Å². The maximum absolute atomic E-state index is 13.8. The van der Waals surface area contributed by atoms with E-state index in [1.807, 2.05) is 30.3 Å². The van der Waals surface area contributed by atoms with E-state index in [0.29, 0.717) is 0 Å².